The molecule has 1 heterocycles. The third-order valence-electron chi connectivity index (χ3n) is 1.82. The van der Waals surface area contributed by atoms with Crippen LogP contribution in [0.5, 0.6) is 0 Å². The zero-order chi connectivity index (χ0) is 6.97. The van der Waals surface area contributed by atoms with E-state index in [1.165, 1.54) is 11.1 Å². The lowest BCUT2D eigenvalue weighted by molar-refractivity contribution is 0.516. The fraction of sp³-hybridized carbons (Fsp3) is 0.250. The maximum Gasteiger partial charge on any atom is 0.0345 e. The molecule has 0 bridgehead atoms. The Bertz CT molecular complexity index is 222. The molecule has 1 aliphatic heterocycles. The Balaban J connectivity index is 2.42. The third-order valence-corrected chi connectivity index (χ3v) is 2.11. The summed E-state index contributed by atoms with van der Waals surface area (Å²) in [6.45, 7) is 1.97. The van der Waals surface area contributed by atoms with Gasteiger partial charge in [-0.2, -0.15) is 0 Å². The quantitative estimate of drug-likeness (QED) is 0.554. The summed E-state index contributed by atoms with van der Waals surface area (Å²) >= 11 is 4.27. The van der Waals surface area contributed by atoms with Crippen molar-refractivity contribution in [2.45, 2.75) is 13.1 Å². The molecule has 2 heteroatoms. The highest BCUT2D eigenvalue weighted by atomic mass is 32.1. The zero-order valence-corrected chi connectivity index (χ0v) is 6.51. The second-order valence-electron chi connectivity index (χ2n) is 2.59. The van der Waals surface area contributed by atoms with Gasteiger partial charge in [0.25, 0.3) is 0 Å². The van der Waals surface area contributed by atoms with Gasteiger partial charge in [-0.1, -0.05) is 37.1 Å². The van der Waals surface area contributed by atoms with E-state index in [4.69, 9.17) is 0 Å². The molecule has 1 aromatic carbocycles. The predicted molar refractivity (Wildman–Crippen MR) is 44.7 cm³/mol. The monoisotopic (exact) mass is 151 g/mol. The first-order chi connectivity index (χ1) is 4.86. The maximum atomic E-state index is 4.27. The molecule has 0 aliphatic carbocycles. The Kier molecular flexibility index (Phi) is 1.43. The van der Waals surface area contributed by atoms with Crippen LogP contribution in [-0.2, 0) is 13.1 Å². The van der Waals surface area contributed by atoms with Gasteiger partial charge in [-0.05, 0) is 11.1 Å². The van der Waals surface area contributed by atoms with Crippen LogP contribution in [0.1, 0.15) is 11.1 Å². The average Bonchev–Trinajstić information content (AvgIpc) is 2.27. The van der Waals surface area contributed by atoms with Crippen LogP contribution >= 0.6 is 12.8 Å². The van der Waals surface area contributed by atoms with Crippen molar-refractivity contribution in [2.24, 2.45) is 0 Å². The smallest absolute Gasteiger partial charge is 0.0345 e. The van der Waals surface area contributed by atoms with Gasteiger partial charge in [-0.25, -0.2) is 4.31 Å². The zero-order valence-electron chi connectivity index (χ0n) is 5.62. The van der Waals surface area contributed by atoms with Crippen LogP contribution in [0, 0.1) is 0 Å². The van der Waals surface area contributed by atoms with Crippen LogP contribution in [0.2, 0.25) is 0 Å². The van der Waals surface area contributed by atoms with Gasteiger partial charge >= 0.3 is 0 Å². The Morgan fingerprint density at radius 1 is 1.10 bits per heavy atom. The van der Waals surface area contributed by atoms with E-state index in [1.807, 2.05) is 4.31 Å². The molecule has 0 saturated carbocycles. The van der Waals surface area contributed by atoms with Gasteiger partial charge in [0.2, 0.25) is 0 Å². The van der Waals surface area contributed by atoms with E-state index in [9.17, 15) is 0 Å². The summed E-state index contributed by atoms with van der Waals surface area (Å²) in [6.07, 6.45) is 0. The van der Waals surface area contributed by atoms with Crippen molar-refractivity contribution >= 4 is 12.8 Å². The molecule has 0 amide bonds. The molecule has 2 rings (SSSR count). The van der Waals surface area contributed by atoms with E-state index in [1.54, 1.807) is 0 Å². The molecule has 0 fully saturated rings. The summed E-state index contributed by atoms with van der Waals surface area (Å²) in [5, 5.41) is 0. The van der Waals surface area contributed by atoms with E-state index in [0.717, 1.165) is 13.1 Å². The number of hydrogen-bond acceptors (Lipinski definition) is 2. The van der Waals surface area contributed by atoms with Crippen LogP contribution in [-0.4, -0.2) is 4.31 Å². The minimum Gasteiger partial charge on any atom is -0.244 e. The van der Waals surface area contributed by atoms with Gasteiger partial charge < -0.3 is 0 Å². The Morgan fingerprint density at radius 3 is 2.10 bits per heavy atom. The number of fused-ring (bicyclic) bond motifs is 1. The summed E-state index contributed by atoms with van der Waals surface area (Å²) in [5.41, 5.74) is 2.83. The van der Waals surface area contributed by atoms with Crippen LogP contribution in [0.15, 0.2) is 24.3 Å². The van der Waals surface area contributed by atoms with Crippen molar-refractivity contribution in [1.82, 2.24) is 4.31 Å². The molecule has 1 nitrogen and oxygen atoms in total. The summed E-state index contributed by atoms with van der Waals surface area (Å²) in [6, 6.07) is 8.47. The Hall–Kier alpha value is -0.470. The van der Waals surface area contributed by atoms with Gasteiger partial charge in [-0.15, -0.1) is 0 Å². The molecule has 0 saturated heterocycles. The molecular formula is C8H9NS. The molecule has 1 aliphatic rings. The molecule has 1 aromatic rings. The van der Waals surface area contributed by atoms with Crippen molar-refractivity contribution in [3.8, 4) is 0 Å². The van der Waals surface area contributed by atoms with Gasteiger partial charge in [-0.3, -0.25) is 0 Å². The van der Waals surface area contributed by atoms with Crippen LogP contribution in [0.3, 0.4) is 0 Å². The van der Waals surface area contributed by atoms with Crippen LogP contribution in [0.4, 0.5) is 0 Å². The highest BCUT2D eigenvalue weighted by Crippen LogP contribution is 2.22. The third kappa shape index (κ3) is 0.935. The van der Waals surface area contributed by atoms with Crippen molar-refractivity contribution in [3.63, 3.8) is 0 Å². The van der Waals surface area contributed by atoms with Gasteiger partial charge in [0, 0.05) is 13.1 Å². The van der Waals surface area contributed by atoms with Crippen molar-refractivity contribution in [2.75, 3.05) is 0 Å². The fourth-order valence-corrected chi connectivity index (χ4v) is 1.62. The SMILES string of the molecule is SN1Cc2ccccc2C1. The minimum absolute atomic E-state index is 0.985. The second kappa shape index (κ2) is 2.29. The number of hydrogen-bond donors (Lipinski definition) is 1. The minimum atomic E-state index is 0.985. The van der Waals surface area contributed by atoms with E-state index in [-0.39, 0.29) is 0 Å². The van der Waals surface area contributed by atoms with Gasteiger partial charge in [0.15, 0.2) is 0 Å². The number of nitrogens with zero attached hydrogens (tertiary/aromatic N) is 1. The Labute approximate surface area is 66.2 Å². The van der Waals surface area contributed by atoms with Crippen molar-refractivity contribution < 1.29 is 0 Å². The average molecular weight is 151 g/mol. The standard InChI is InChI=1S/C8H9NS/c10-9-5-7-3-1-2-4-8(7)6-9/h1-4,10H,5-6H2. The molecule has 10 heavy (non-hydrogen) atoms. The molecule has 0 N–H and O–H groups in total. The summed E-state index contributed by atoms with van der Waals surface area (Å²) in [4.78, 5) is 0. The molecule has 0 spiro atoms. The number of thiol groups is 1. The molecule has 0 unspecified atom stereocenters. The van der Waals surface area contributed by atoms with E-state index in [0.29, 0.717) is 0 Å². The topological polar surface area (TPSA) is 3.24 Å². The maximum absolute atomic E-state index is 4.27. The lowest BCUT2D eigenvalue weighted by atomic mass is 10.1. The second-order valence-corrected chi connectivity index (χ2v) is 3.16. The molecule has 0 atom stereocenters. The molecular weight excluding hydrogens is 142 g/mol. The van der Waals surface area contributed by atoms with Crippen LogP contribution in [0.25, 0.3) is 0 Å². The summed E-state index contributed by atoms with van der Waals surface area (Å²) < 4.78 is 2.02. The van der Waals surface area contributed by atoms with E-state index >= 15 is 0 Å². The fourth-order valence-electron chi connectivity index (χ4n) is 1.32. The van der Waals surface area contributed by atoms with Crippen LogP contribution < -0.4 is 0 Å². The van der Waals surface area contributed by atoms with Gasteiger partial charge in [0.1, 0.15) is 0 Å². The number of benzene rings is 1. The normalized spacial score (nSPS) is 17.3. The Morgan fingerprint density at radius 2 is 1.60 bits per heavy atom. The molecule has 0 radical (unpaired) electrons. The lowest BCUT2D eigenvalue weighted by Crippen LogP contribution is -1.99. The van der Waals surface area contributed by atoms with E-state index < -0.39 is 0 Å². The number of rotatable bonds is 0. The first-order valence-electron chi connectivity index (χ1n) is 3.37. The first-order valence-corrected chi connectivity index (χ1v) is 3.77. The first kappa shape index (κ1) is 6.25. The largest absolute Gasteiger partial charge is 0.244 e. The van der Waals surface area contributed by atoms with Crippen molar-refractivity contribution in [3.05, 3.63) is 35.4 Å². The highest BCUT2D eigenvalue weighted by molar-refractivity contribution is 7.77. The van der Waals surface area contributed by atoms with E-state index in [2.05, 4.69) is 37.1 Å². The highest BCUT2D eigenvalue weighted by Gasteiger charge is 2.13. The summed E-state index contributed by atoms with van der Waals surface area (Å²) in [5.74, 6) is 0. The lowest BCUT2D eigenvalue weighted by Gasteiger charge is -2.00. The van der Waals surface area contributed by atoms with Gasteiger partial charge in [0.05, 0.1) is 0 Å². The van der Waals surface area contributed by atoms with Crippen molar-refractivity contribution in [1.29, 1.82) is 0 Å². The summed E-state index contributed by atoms with van der Waals surface area (Å²) in [7, 11) is 0. The molecule has 52 valence electrons. The predicted octanol–water partition coefficient (Wildman–Crippen LogP) is 1.85. The molecule has 0 aromatic heterocycles.